The van der Waals surface area contributed by atoms with Gasteiger partial charge in [0.2, 0.25) is 5.88 Å². The van der Waals surface area contributed by atoms with Gasteiger partial charge in [-0.15, -0.1) is 10.2 Å². The third-order valence-corrected chi connectivity index (χ3v) is 4.49. The fourth-order valence-electron chi connectivity index (χ4n) is 2.83. The normalized spacial score (nSPS) is 11.2. The minimum absolute atomic E-state index is 0.0596. The molecule has 0 radical (unpaired) electrons. The molecule has 0 aliphatic heterocycles. The lowest BCUT2D eigenvalue weighted by Gasteiger charge is -2.05. The first-order valence-electron chi connectivity index (χ1n) is 9.26. The number of carboxylic acids is 1. The molecular formula is C21H22N4O4. The fourth-order valence-corrected chi connectivity index (χ4v) is 2.83. The number of hydrogen-bond acceptors (Lipinski definition) is 6. The van der Waals surface area contributed by atoms with Crippen molar-refractivity contribution in [3.63, 3.8) is 0 Å². The number of rotatable bonds is 7. The molecular weight excluding hydrogens is 372 g/mol. The minimum Gasteiger partial charge on any atom is -0.506 e. The molecule has 8 nitrogen and oxygen atoms in total. The summed E-state index contributed by atoms with van der Waals surface area (Å²) in [5.74, 6) is -1.64. The van der Waals surface area contributed by atoms with Crippen molar-refractivity contribution < 1.29 is 20.1 Å². The van der Waals surface area contributed by atoms with Crippen LogP contribution in [0.25, 0.3) is 5.69 Å². The monoisotopic (exact) mass is 394 g/mol. The second-order valence-corrected chi connectivity index (χ2v) is 6.65. The van der Waals surface area contributed by atoms with Gasteiger partial charge in [0.15, 0.2) is 5.69 Å². The first kappa shape index (κ1) is 20.1. The second kappa shape index (κ2) is 8.55. The number of benzene rings is 2. The predicted molar refractivity (Wildman–Crippen MR) is 108 cm³/mol. The number of phenols is 1. The summed E-state index contributed by atoms with van der Waals surface area (Å²) in [6.45, 7) is 3.84. The Kier molecular flexibility index (Phi) is 5.92. The van der Waals surface area contributed by atoms with Crippen LogP contribution < -0.4 is 0 Å². The number of unbranched alkanes of at least 4 members (excludes halogenated alkanes) is 1. The molecule has 150 valence electrons. The Morgan fingerprint density at radius 1 is 1.10 bits per heavy atom. The summed E-state index contributed by atoms with van der Waals surface area (Å²) in [4.78, 5) is 10.9. The molecule has 0 bridgehead atoms. The lowest BCUT2D eigenvalue weighted by molar-refractivity contribution is 0.0696. The van der Waals surface area contributed by atoms with E-state index in [0.717, 1.165) is 25.3 Å². The summed E-state index contributed by atoms with van der Waals surface area (Å²) < 4.78 is 1.38. The van der Waals surface area contributed by atoms with Crippen molar-refractivity contribution in [1.82, 2.24) is 9.78 Å². The fraction of sp³-hybridized carbons (Fsp3) is 0.238. The highest BCUT2D eigenvalue weighted by Crippen LogP contribution is 2.35. The maximum Gasteiger partial charge on any atom is 0.335 e. The van der Waals surface area contributed by atoms with Gasteiger partial charge < -0.3 is 15.3 Å². The molecule has 0 saturated heterocycles. The maximum atomic E-state index is 10.9. The molecule has 2 aromatic carbocycles. The number of phenolic OH excluding ortho intramolecular Hbond substituents is 1. The molecule has 0 amide bonds. The molecule has 3 N–H and O–H groups in total. The van der Waals surface area contributed by atoms with Crippen LogP contribution in [0.15, 0.2) is 52.7 Å². The zero-order valence-corrected chi connectivity index (χ0v) is 16.2. The highest BCUT2D eigenvalue weighted by molar-refractivity contribution is 5.88. The van der Waals surface area contributed by atoms with E-state index in [1.807, 2.05) is 24.3 Å². The number of carbonyl (C=O) groups is 1. The van der Waals surface area contributed by atoms with Gasteiger partial charge in [0, 0.05) is 0 Å². The molecule has 3 rings (SSSR count). The predicted octanol–water partition coefficient (Wildman–Crippen LogP) is 5.05. The number of carboxylic acid groups (broad SMARTS) is 1. The summed E-state index contributed by atoms with van der Waals surface area (Å²) >= 11 is 0. The van der Waals surface area contributed by atoms with Gasteiger partial charge in [-0.25, -0.2) is 4.79 Å². The van der Waals surface area contributed by atoms with E-state index in [-0.39, 0.29) is 28.6 Å². The molecule has 8 heteroatoms. The third-order valence-electron chi connectivity index (χ3n) is 4.49. The van der Waals surface area contributed by atoms with Crippen LogP contribution in [0.3, 0.4) is 0 Å². The van der Waals surface area contributed by atoms with Gasteiger partial charge in [0.1, 0.15) is 11.4 Å². The van der Waals surface area contributed by atoms with Crippen LogP contribution in [-0.2, 0) is 6.42 Å². The van der Waals surface area contributed by atoms with Crippen LogP contribution in [0.5, 0.6) is 11.6 Å². The molecule has 29 heavy (non-hydrogen) atoms. The van der Waals surface area contributed by atoms with Crippen molar-refractivity contribution in [2.45, 2.75) is 33.1 Å². The highest BCUT2D eigenvalue weighted by atomic mass is 16.4. The number of nitrogens with zero attached hydrogens (tertiary/aromatic N) is 4. The van der Waals surface area contributed by atoms with Crippen LogP contribution in [0, 0.1) is 6.92 Å². The minimum atomic E-state index is -1.15. The van der Waals surface area contributed by atoms with Crippen LogP contribution >= 0.6 is 0 Å². The molecule has 1 heterocycles. The topological polar surface area (TPSA) is 120 Å². The maximum absolute atomic E-state index is 10.9. The van der Waals surface area contributed by atoms with E-state index in [0.29, 0.717) is 11.4 Å². The summed E-state index contributed by atoms with van der Waals surface area (Å²) in [7, 11) is 0. The lowest BCUT2D eigenvalue weighted by atomic mass is 10.1. The Hall–Kier alpha value is -3.68. The molecule has 1 aromatic heterocycles. The molecule has 0 unspecified atom stereocenters. The van der Waals surface area contributed by atoms with E-state index in [1.54, 1.807) is 6.92 Å². The largest absolute Gasteiger partial charge is 0.506 e. The molecule has 0 saturated carbocycles. The summed E-state index contributed by atoms with van der Waals surface area (Å²) in [6.07, 6.45) is 3.25. The average molecular weight is 394 g/mol. The Balaban J connectivity index is 1.86. The van der Waals surface area contributed by atoms with Crippen molar-refractivity contribution in [3.05, 3.63) is 59.3 Å². The summed E-state index contributed by atoms with van der Waals surface area (Å²) in [5.41, 5.74) is 2.57. The van der Waals surface area contributed by atoms with Crippen molar-refractivity contribution in [2.75, 3.05) is 0 Å². The standard InChI is InChI=1S/C21H22N4O4/c1-3-4-5-14-6-9-16(10-7-14)25-20(27)19(13(2)24-25)23-22-17-11-8-15(21(28)29)12-18(17)26/h6-12,26-27H,3-5H2,1-2H3,(H,28,29)/b23-22+. The van der Waals surface area contributed by atoms with Gasteiger partial charge in [-0.05, 0) is 55.7 Å². The Labute approximate surface area is 167 Å². The SMILES string of the molecule is CCCCc1ccc(-n2nc(C)c(/N=N/c3ccc(C(=O)O)cc3O)c2O)cc1. The molecule has 0 aliphatic rings. The Bertz CT molecular complexity index is 1060. The van der Waals surface area contributed by atoms with Gasteiger partial charge in [-0.1, -0.05) is 25.5 Å². The van der Waals surface area contributed by atoms with Crippen molar-refractivity contribution in [1.29, 1.82) is 0 Å². The number of azo groups is 1. The van der Waals surface area contributed by atoms with E-state index < -0.39 is 5.97 Å². The third kappa shape index (κ3) is 4.43. The molecule has 0 aliphatic carbocycles. The number of aryl methyl sites for hydroxylation is 2. The molecule has 3 aromatic rings. The van der Waals surface area contributed by atoms with Crippen molar-refractivity contribution >= 4 is 17.3 Å². The smallest absolute Gasteiger partial charge is 0.335 e. The number of hydrogen-bond donors (Lipinski definition) is 3. The number of aromatic nitrogens is 2. The van der Waals surface area contributed by atoms with Gasteiger partial charge >= 0.3 is 5.97 Å². The quantitative estimate of drug-likeness (QED) is 0.484. The molecule has 0 spiro atoms. The lowest BCUT2D eigenvalue weighted by Crippen LogP contribution is -1.96. The van der Waals surface area contributed by atoms with E-state index >= 15 is 0 Å². The summed E-state index contributed by atoms with van der Waals surface area (Å²) in [5, 5.41) is 41.7. The average Bonchev–Trinajstić information content (AvgIpc) is 2.99. The number of aromatic hydroxyl groups is 2. The second-order valence-electron chi connectivity index (χ2n) is 6.65. The first-order chi connectivity index (χ1) is 13.9. The molecule has 0 atom stereocenters. The Morgan fingerprint density at radius 3 is 2.45 bits per heavy atom. The van der Waals surface area contributed by atoms with Crippen LogP contribution in [-0.4, -0.2) is 31.1 Å². The highest BCUT2D eigenvalue weighted by Gasteiger charge is 2.16. The van der Waals surface area contributed by atoms with Gasteiger partial charge in [-0.2, -0.15) is 9.78 Å². The van der Waals surface area contributed by atoms with Crippen LogP contribution in [0.4, 0.5) is 11.4 Å². The van der Waals surface area contributed by atoms with Crippen LogP contribution in [0.2, 0.25) is 0 Å². The van der Waals surface area contributed by atoms with Gasteiger partial charge in [0.05, 0.1) is 16.9 Å². The Morgan fingerprint density at radius 2 is 1.83 bits per heavy atom. The van der Waals surface area contributed by atoms with Gasteiger partial charge in [0.25, 0.3) is 0 Å². The zero-order chi connectivity index (χ0) is 21.0. The first-order valence-corrected chi connectivity index (χ1v) is 9.26. The van der Waals surface area contributed by atoms with Crippen LogP contribution in [0.1, 0.15) is 41.4 Å². The van der Waals surface area contributed by atoms with Crippen molar-refractivity contribution in [2.24, 2.45) is 10.2 Å². The van der Waals surface area contributed by atoms with E-state index in [1.165, 1.54) is 22.4 Å². The van der Waals surface area contributed by atoms with E-state index in [9.17, 15) is 15.0 Å². The molecule has 0 fully saturated rings. The zero-order valence-electron chi connectivity index (χ0n) is 16.2. The van der Waals surface area contributed by atoms with E-state index in [4.69, 9.17) is 5.11 Å². The number of aromatic carboxylic acids is 1. The summed E-state index contributed by atoms with van der Waals surface area (Å²) in [6, 6.07) is 11.5. The van der Waals surface area contributed by atoms with Gasteiger partial charge in [-0.3, -0.25) is 0 Å². The van der Waals surface area contributed by atoms with E-state index in [2.05, 4.69) is 22.3 Å². The van der Waals surface area contributed by atoms with Crippen molar-refractivity contribution in [3.8, 4) is 17.3 Å².